The molecule has 4 rings (SSSR count). The molecule has 0 saturated carbocycles. The molecule has 18 heavy (non-hydrogen) atoms. The van der Waals surface area contributed by atoms with Crippen molar-refractivity contribution in [2.45, 2.75) is 19.0 Å². The molecule has 92 valence electrons. The lowest BCUT2D eigenvalue weighted by molar-refractivity contribution is -0.129. The Bertz CT molecular complexity index is 631. The van der Waals surface area contributed by atoms with Crippen LogP contribution in [0, 0.1) is 0 Å². The second-order valence-electron chi connectivity index (χ2n) is 5.11. The highest BCUT2D eigenvalue weighted by molar-refractivity contribution is 5.88. The number of amides is 1. The van der Waals surface area contributed by atoms with Gasteiger partial charge < -0.3 is 10.3 Å². The standard InChI is InChI=1S/C14H15N3O/c18-14-13-7-10-9-3-1-2-4-11(9)16-12(10)8-17(13)6-5-15-14/h1-4,13,16H,5-8H2,(H,15,18)/t13-/m0/s1. The summed E-state index contributed by atoms with van der Waals surface area (Å²) in [6.07, 6.45) is 0.825. The molecular formula is C14H15N3O. The molecule has 1 aromatic heterocycles. The van der Waals surface area contributed by atoms with Gasteiger partial charge in [-0.2, -0.15) is 0 Å². The first-order valence-corrected chi connectivity index (χ1v) is 6.43. The van der Waals surface area contributed by atoms with Crippen molar-refractivity contribution in [1.82, 2.24) is 15.2 Å². The summed E-state index contributed by atoms with van der Waals surface area (Å²) >= 11 is 0. The zero-order valence-electron chi connectivity index (χ0n) is 10.1. The minimum absolute atomic E-state index is 0.0189. The summed E-state index contributed by atoms with van der Waals surface area (Å²) in [5.74, 6) is 0.178. The van der Waals surface area contributed by atoms with Gasteiger partial charge in [0.2, 0.25) is 5.91 Å². The Hall–Kier alpha value is -1.81. The minimum atomic E-state index is 0.0189. The van der Waals surface area contributed by atoms with Crippen LogP contribution in [0.4, 0.5) is 0 Å². The Morgan fingerprint density at radius 2 is 2.17 bits per heavy atom. The topological polar surface area (TPSA) is 48.1 Å². The fourth-order valence-corrected chi connectivity index (χ4v) is 3.19. The number of nitrogens with one attached hydrogen (secondary N) is 2. The highest BCUT2D eigenvalue weighted by Gasteiger charge is 2.35. The van der Waals surface area contributed by atoms with Gasteiger partial charge in [0, 0.05) is 36.2 Å². The van der Waals surface area contributed by atoms with E-state index < -0.39 is 0 Å². The van der Waals surface area contributed by atoms with Crippen LogP contribution in [0.5, 0.6) is 0 Å². The average Bonchev–Trinajstić information content (AvgIpc) is 2.75. The van der Waals surface area contributed by atoms with Crippen LogP contribution < -0.4 is 5.32 Å². The van der Waals surface area contributed by atoms with Crippen molar-refractivity contribution < 1.29 is 4.79 Å². The number of aromatic nitrogens is 1. The molecule has 0 bridgehead atoms. The van der Waals surface area contributed by atoms with Gasteiger partial charge in [0.25, 0.3) is 0 Å². The van der Waals surface area contributed by atoms with Crippen LogP contribution in [0.3, 0.4) is 0 Å². The normalized spacial score (nSPS) is 23.6. The lowest BCUT2D eigenvalue weighted by Crippen LogP contribution is -2.57. The number of rotatable bonds is 0. The monoisotopic (exact) mass is 241 g/mol. The van der Waals surface area contributed by atoms with E-state index in [1.165, 1.54) is 22.2 Å². The molecule has 1 saturated heterocycles. The summed E-state index contributed by atoms with van der Waals surface area (Å²) in [4.78, 5) is 17.7. The van der Waals surface area contributed by atoms with Crippen LogP contribution in [-0.4, -0.2) is 34.9 Å². The second kappa shape index (κ2) is 3.59. The smallest absolute Gasteiger partial charge is 0.237 e. The van der Waals surface area contributed by atoms with Gasteiger partial charge in [-0.05, 0) is 18.1 Å². The van der Waals surface area contributed by atoms with Gasteiger partial charge in [-0.3, -0.25) is 9.69 Å². The number of hydrogen-bond acceptors (Lipinski definition) is 2. The number of piperazine rings is 1. The lowest BCUT2D eigenvalue weighted by Gasteiger charge is -2.38. The zero-order chi connectivity index (χ0) is 12.1. The molecule has 4 heteroatoms. The molecule has 1 amide bonds. The van der Waals surface area contributed by atoms with E-state index in [1.807, 2.05) is 6.07 Å². The molecule has 2 aliphatic rings. The first-order chi connectivity index (χ1) is 8.83. The molecule has 0 radical (unpaired) electrons. The van der Waals surface area contributed by atoms with Crippen molar-refractivity contribution in [3.05, 3.63) is 35.5 Å². The van der Waals surface area contributed by atoms with E-state index in [0.717, 1.165) is 26.1 Å². The van der Waals surface area contributed by atoms with Crippen molar-refractivity contribution in [2.24, 2.45) is 0 Å². The van der Waals surface area contributed by atoms with E-state index in [-0.39, 0.29) is 11.9 Å². The van der Waals surface area contributed by atoms with Crippen molar-refractivity contribution in [1.29, 1.82) is 0 Å². The number of H-pyrrole nitrogens is 1. The molecule has 2 aliphatic heterocycles. The van der Waals surface area contributed by atoms with Crippen LogP contribution in [0.15, 0.2) is 24.3 Å². The second-order valence-corrected chi connectivity index (χ2v) is 5.11. The molecule has 0 spiro atoms. The van der Waals surface area contributed by atoms with Gasteiger partial charge in [0.05, 0.1) is 6.04 Å². The Kier molecular flexibility index (Phi) is 2.02. The van der Waals surface area contributed by atoms with Gasteiger partial charge in [0.15, 0.2) is 0 Å². The summed E-state index contributed by atoms with van der Waals surface area (Å²) < 4.78 is 0. The van der Waals surface area contributed by atoms with Gasteiger partial charge in [0.1, 0.15) is 0 Å². The Morgan fingerprint density at radius 1 is 1.28 bits per heavy atom. The number of hydrogen-bond donors (Lipinski definition) is 2. The van der Waals surface area contributed by atoms with E-state index >= 15 is 0 Å². The predicted octanol–water partition coefficient (Wildman–Crippen LogP) is 1.02. The molecule has 0 unspecified atom stereocenters. The number of benzene rings is 1. The predicted molar refractivity (Wildman–Crippen MR) is 69.2 cm³/mol. The SMILES string of the molecule is O=C1NCCN2Cc3[nH]c4ccccc4c3C[C@@H]12. The zero-order valence-corrected chi connectivity index (χ0v) is 10.1. The fourth-order valence-electron chi connectivity index (χ4n) is 3.19. The largest absolute Gasteiger partial charge is 0.357 e. The maximum atomic E-state index is 11.9. The van der Waals surface area contributed by atoms with Crippen LogP contribution in [0.1, 0.15) is 11.3 Å². The molecule has 1 atom stereocenters. The maximum absolute atomic E-state index is 11.9. The van der Waals surface area contributed by atoms with Crippen molar-refractivity contribution in [3.63, 3.8) is 0 Å². The van der Waals surface area contributed by atoms with Gasteiger partial charge in [-0.25, -0.2) is 0 Å². The minimum Gasteiger partial charge on any atom is -0.357 e. The highest BCUT2D eigenvalue weighted by atomic mass is 16.2. The number of carbonyl (C=O) groups excluding carboxylic acids is 1. The third-order valence-electron chi connectivity index (χ3n) is 4.10. The number of fused-ring (bicyclic) bond motifs is 4. The molecule has 0 aliphatic carbocycles. The van der Waals surface area contributed by atoms with Crippen molar-refractivity contribution in [3.8, 4) is 0 Å². The number of nitrogens with zero attached hydrogens (tertiary/aromatic N) is 1. The number of carbonyl (C=O) groups is 1. The molecular weight excluding hydrogens is 226 g/mol. The third-order valence-corrected chi connectivity index (χ3v) is 4.10. The van der Waals surface area contributed by atoms with E-state index in [9.17, 15) is 4.79 Å². The van der Waals surface area contributed by atoms with Crippen LogP contribution in [0.25, 0.3) is 10.9 Å². The quantitative estimate of drug-likeness (QED) is 0.723. The van der Waals surface area contributed by atoms with Gasteiger partial charge >= 0.3 is 0 Å². The lowest BCUT2D eigenvalue weighted by atomic mass is 9.95. The summed E-state index contributed by atoms with van der Waals surface area (Å²) in [6, 6.07) is 8.37. The van der Waals surface area contributed by atoms with Gasteiger partial charge in [-0.15, -0.1) is 0 Å². The van der Waals surface area contributed by atoms with Crippen LogP contribution >= 0.6 is 0 Å². The summed E-state index contributed by atoms with van der Waals surface area (Å²) in [6.45, 7) is 2.58. The van der Waals surface area contributed by atoms with E-state index in [2.05, 4.69) is 33.4 Å². The highest BCUT2D eigenvalue weighted by Crippen LogP contribution is 2.30. The molecule has 1 fully saturated rings. The van der Waals surface area contributed by atoms with Crippen LogP contribution in [0.2, 0.25) is 0 Å². The van der Waals surface area contributed by atoms with Gasteiger partial charge in [-0.1, -0.05) is 18.2 Å². The fraction of sp³-hybridized carbons (Fsp3) is 0.357. The molecule has 2 aromatic rings. The summed E-state index contributed by atoms with van der Waals surface area (Å²) in [7, 11) is 0. The molecule has 4 nitrogen and oxygen atoms in total. The molecule has 2 N–H and O–H groups in total. The summed E-state index contributed by atoms with van der Waals surface area (Å²) in [5, 5.41) is 4.23. The van der Waals surface area contributed by atoms with Crippen molar-refractivity contribution >= 4 is 16.8 Å². The maximum Gasteiger partial charge on any atom is 0.237 e. The Labute approximate surface area is 105 Å². The first kappa shape index (κ1) is 10.1. The molecule has 3 heterocycles. The van der Waals surface area contributed by atoms with Crippen LogP contribution in [-0.2, 0) is 17.8 Å². The van der Waals surface area contributed by atoms with E-state index in [1.54, 1.807) is 0 Å². The Morgan fingerprint density at radius 3 is 3.11 bits per heavy atom. The average molecular weight is 241 g/mol. The van der Waals surface area contributed by atoms with E-state index in [0.29, 0.717) is 0 Å². The van der Waals surface area contributed by atoms with E-state index in [4.69, 9.17) is 0 Å². The first-order valence-electron chi connectivity index (χ1n) is 6.43. The number of para-hydroxylation sites is 1. The van der Waals surface area contributed by atoms with Crippen molar-refractivity contribution in [2.75, 3.05) is 13.1 Å². The Balaban J connectivity index is 1.84. The summed E-state index contributed by atoms with van der Waals surface area (Å²) in [5.41, 5.74) is 3.79. The third kappa shape index (κ3) is 1.32. The molecule has 1 aromatic carbocycles. The number of aromatic amines is 1.